The van der Waals surface area contributed by atoms with Gasteiger partial charge < -0.3 is 23.5 Å². The van der Waals surface area contributed by atoms with Gasteiger partial charge in [0, 0.05) is 61.6 Å². The minimum absolute atomic E-state index is 0.256. The zero-order valence-corrected chi connectivity index (χ0v) is 49.2. The SMILES string of the molecule is CCc1ccc(N(C2=CC3c4cc(N(c5ccc(CC)cc5)c5cccc6c5oc5c(C#N)cccc56)ccc4N4c5ccccc5C5(C(=C2)C34C)c2ccc3ccccc3c2-c2c5ccc3ccccc23)c2cccc3c2oc2c(C#N)cccc23)cc1. The van der Waals surface area contributed by atoms with Crippen LogP contribution in [0.5, 0.6) is 0 Å². The van der Waals surface area contributed by atoms with E-state index < -0.39 is 11.0 Å². The van der Waals surface area contributed by atoms with Gasteiger partial charge in [-0.3, -0.25) is 0 Å². The van der Waals surface area contributed by atoms with Gasteiger partial charge in [0.15, 0.2) is 22.3 Å². The zero-order valence-electron chi connectivity index (χ0n) is 49.2. The van der Waals surface area contributed by atoms with Gasteiger partial charge in [-0.25, -0.2) is 0 Å². The van der Waals surface area contributed by atoms with Crippen molar-refractivity contribution in [2.45, 2.75) is 50.5 Å². The summed E-state index contributed by atoms with van der Waals surface area (Å²) in [6.07, 6.45) is 6.88. The van der Waals surface area contributed by atoms with Crippen LogP contribution >= 0.6 is 0 Å². The monoisotopic (exact) mass is 1140 g/mol. The number of aryl methyl sites for hydroxylation is 2. The molecule has 0 saturated carbocycles. The van der Waals surface area contributed by atoms with Crippen molar-refractivity contribution in [3.63, 3.8) is 0 Å². The molecule has 2 aliphatic heterocycles. The molecule has 7 heteroatoms. The average Bonchev–Trinajstić information content (AvgIpc) is 1.52. The molecule has 2 aromatic heterocycles. The third-order valence-corrected chi connectivity index (χ3v) is 20.2. The fraction of sp³-hybridized carbons (Fsp3) is 0.0976. The first-order valence-electron chi connectivity index (χ1n) is 30.8. The molecule has 89 heavy (non-hydrogen) atoms. The topological polar surface area (TPSA) is 83.6 Å². The molecule has 0 fully saturated rings. The molecular formula is C82H55N5O2. The van der Waals surface area contributed by atoms with Gasteiger partial charge in [-0.2, -0.15) is 10.5 Å². The van der Waals surface area contributed by atoms with Gasteiger partial charge >= 0.3 is 0 Å². The van der Waals surface area contributed by atoms with Gasteiger partial charge in [0.1, 0.15) is 12.1 Å². The maximum absolute atomic E-state index is 10.5. The highest BCUT2D eigenvalue weighted by Gasteiger charge is 2.65. The van der Waals surface area contributed by atoms with E-state index in [2.05, 4.69) is 266 Å². The van der Waals surface area contributed by atoms with E-state index in [1.807, 2.05) is 30.3 Å². The lowest BCUT2D eigenvalue weighted by Crippen LogP contribution is -2.57. The summed E-state index contributed by atoms with van der Waals surface area (Å²) in [4.78, 5) is 7.43. The van der Waals surface area contributed by atoms with E-state index in [4.69, 9.17) is 8.83 Å². The molecule has 4 aliphatic rings. The number of nitrogens with zero attached hydrogens (tertiary/aromatic N) is 5. The van der Waals surface area contributed by atoms with Crippen LogP contribution in [0.4, 0.5) is 39.8 Å². The van der Waals surface area contributed by atoms with E-state index in [-0.39, 0.29) is 5.92 Å². The fourth-order valence-corrected chi connectivity index (χ4v) is 16.2. The molecule has 4 heterocycles. The molecule has 12 aromatic carbocycles. The Morgan fingerprint density at radius 2 is 0.933 bits per heavy atom. The largest absolute Gasteiger partial charge is 0.452 e. The second-order valence-corrected chi connectivity index (χ2v) is 24.3. The lowest BCUT2D eigenvalue weighted by Gasteiger charge is -2.56. The van der Waals surface area contributed by atoms with Crippen LogP contribution in [-0.4, -0.2) is 5.54 Å². The Morgan fingerprint density at radius 1 is 0.449 bits per heavy atom. The van der Waals surface area contributed by atoms with E-state index in [1.165, 1.54) is 77.3 Å². The van der Waals surface area contributed by atoms with Crippen LogP contribution in [-0.2, 0) is 18.3 Å². The lowest BCUT2D eigenvalue weighted by atomic mass is 9.55. The molecule has 1 spiro atoms. The van der Waals surface area contributed by atoms with Crippen LogP contribution in [0, 0.1) is 22.7 Å². The molecule has 2 unspecified atom stereocenters. The first kappa shape index (κ1) is 50.9. The Labute approximate surface area is 514 Å². The number of hydrogen-bond acceptors (Lipinski definition) is 7. The third-order valence-electron chi connectivity index (χ3n) is 20.2. The summed E-state index contributed by atoms with van der Waals surface area (Å²) in [5.41, 5.74) is 21.3. The van der Waals surface area contributed by atoms with Gasteiger partial charge in [0.05, 0.1) is 33.5 Å². The molecule has 18 rings (SSSR count). The summed E-state index contributed by atoms with van der Waals surface area (Å²) < 4.78 is 14.0. The van der Waals surface area contributed by atoms with E-state index in [9.17, 15) is 10.5 Å². The van der Waals surface area contributed by atoms with E-state index in [0.717, 1.165) is 74.2 Å². The minimum atomic E-state index is -0.805. The van der Waals surface area contributed by atoms with Crippen molar-refractivity contribution >= 4 is 105 Å². The minimum Gasteiger partial charge on any atom is -0.452 e. The van der Waals surface area contributed by atoms with Crippen molar-refractivity contribution in [3.05, 3.63) is 305 Å². The second kappa shape index (κ2) is 18.8. The van der Waals surface area contributed by atoms with Crippen molar-refractivity contribution in [3.8, 4) is 23.3 Å². The predicted molar refractivity (Wildman–Crippen MR) is 362 cm³/mol. The third kappa shape index (κ3) is 6.79. The summed E-state index contributed by atoms with van der Waals surface area (Å²) in [5.74, 6) is -0.256. The Morgan fingerprint density at radius 3 is 1.49 bits per heavy atom. The molecule has 0 N–H and O–H groups in total. The van der Waals surface area contributed by atoms with E-state index in [1.54, 1.807) is 0 Å². The van der Waals surface area contributed by atoms with E-state index >= 15 is 0 Å². The lowest BCUT2D eigenvalue weighted by molar-refractivity contribution is 0.437. The van der Waals surface area contributed by atoms with Gasteiger partial charge in [-0.1, -0.05) is 184 Å². The highest BCUT2D eigenvalue weighted by molar-refractivity contribution is 6.15. The van der Waals surface area contributed by atoms with Crippen LogP contribution < -0.4 is 14.7 Å². The van der Waals surface area contributed by atoms with Gasteiger partial charge in [0.2, 0.25) is 0 Å². The summed E-state index contributed by atoms with van der Waals surface area (Å²) in [6, 6.07) is 90.9. The number of anilines is 7. The van der Waals surface area contributed by atoms with Crippen LogP contribution in [0.2, 0.25) is 0 Å². The highest BCUT2D eigenvalue weighted by Crippen LogP contribution is 2.72. The normalized spacial score (nSPS) is 16.5. The Bertz CT molecular complexity index is 5470. The van der Waals surface area contributed by atoms with Crippen LogP contribution in [0.25, 0.3) is 76.5 Å². The zero-order chi connectivity index (χ0) is 59.4. The number of allylic oxidation sites excluding steroid dienone is 1. The summed E-state index contributed by atoms with van der Waals surface area (Å²) in [5, 5.41) is 29.4. The summed E-state index contributed by atoms with van der Waals surface area (Å²) >= 11 is 0. The Kier molecular flexibility index (Phi) is 10.8. The standard InChI is InChI=1S/C82H55N5O2/c1-4-49-30-36-55(37-31-49)85(72-28-14-24-63-61-22-12-18-53(47-83)77(61)88-79(63)72)57-40-43-70-65(44-57)69-45-58(86(56-38-32-50(5-2)33-39-56)73-29-15-25-64-62-23-13-19-54(48-84)78(62)89-80(64)73)46-74-81(69,3)87(70)71-27-11-10-26-66(71)82(74)67-41-34-51-16-6-8-20-59(51)75(67)76-60-21-9-7-17-52(60)35-42-68(76)82/h6-46,69H,4-5H2,1-3H3. The molecule has 2 atom stereocenters. The fourth-order valence-electron chi connectivity index (χ4n) is 16.2. The maximum Gasteiger partial charge on any atom is 0.159 e. The second-order valence-electron chi connectivity index (χ2n) is 24.3. The van der Waals surface area contributed by atoms with Gasteiger partial charge in [0.25, 0.3) is 0 Å². The number of furan rings is 2. The van der Waals surface area contributed by atoms with Crippen LogP contribution in [0.3, 0.4) is 0 Å². The summed E-state index contributed by atoms with van der Waals surface area (Å²) in [7, 11) is 0. The number of rotatable bonds is 8. The van der Waals surface area contributed by atoms with Crippen molar-refractivity contribution in [1.29, 1.82) is 10.5 Å². The Balaban J connectivity index is 0.963. The van der Waals surface area contributed by atoms with Crippen LogP contribution in [0.15, 0.2) is 269 Å². The average molecular weight is 1140 g/mol. The van der Waals surface area contributed by atoms with Crippen molar-refractivity contribution in [2.24, 2.45) is 0 Å². The molecule has 0 radical (unpaired) electrons. The molecule has 0 amide bonds. The molecule has 0 saturated heterocycles. The first-order chi connectivity index (χ1) is 43.8. The smallest absolute Gasteiger partial charge is 0.159 e. The van der Waals surface area contributed by atoms with Crippen LogP contribution in [0.1, 0.15) is 71.2 Å². The van der Waals surface area contributed by atoms with Gasteiger partial charge in [-0.15, -0.1) is 0 Å². The number of hydrogen-bond donors (Lipinski definition) is 0. The molecular weight excluding hydrogens is 1090 g/mol. The Hall–Kier alpha value is -11.4. The quantitative estimate of drug-likeness (QED) is 0.150. The molecule has 2 aliphatic carbocycles. The molecule has 420 valence electrons. The highest BCUT2D eigenvalue weighted by atomic mass is 16.3. The van der Waals surface area contributed by atoms with Crippen molar-refractivity contribution in [1.82, 2.24) is 0 Å². The molecule has 7 nitrogen and oxygen atoms in total. The van der Waals surface area contributed by atoms with Gasteiger partial charge in [-0.05, 0) is 170 Å². The predicted octanol–water partition coefficient (Wildman–Crippen LogP) is 21.1. The van der Waals surface area contributed by atoms with Crippen molar-refractivity contribution < 1.29 is 8.83 Å². The van der Waals surface area contributed by atoms with E-state index in [0.29, 0.717) is 33.5 Å². The number of para-hydroxylation sites is 5. The van der Waals surface area contributed by atoms with Crippen molar-refractivity contribution in [2.75, 3.05) is 14.7 Å². The first-order valence-corrected chi connectivity index (χ1v) is 30.8. The maximum atomic E-state index is 10.5. The number of nitriles is 2. The summed E-state index contributed by atoms with van der Waals surface area (Å²) in [6.45, 7) is 6.90. The number of fused-ring (bicyclic) bond motifs is 22. The number of benzene rings is 12. The molecule has 0 bridgehead atoms. The molecule has 14 aromatic rings.